The van der Waals surface area contributed by atoms with Gasteiger partial charge in [0.05, 0.1) is 38.5 Å². The molecule has 0 bridgehead atoms. The molecule has 9 heteroatoms. The second-order valence-electron chi connectivity index (χ2n) is 6.76. The Hall–Kier alpha value is -3.62. The van der Waals surface area contributed by atoms with Gasteiger partial charge in [0.15, 0.2) is 23.6 Å². The molecular formula is C20H21N5O4. The summed E-state index contributed by atoms with van der Waals surface area (Å²) in [4.78, 5) is 9.32. The third-order valence-corrected chi connectivity index (χ3v) is 5.02. The molecule has 0 aliphatic carbocycles. The highest BCUT2D eigenvalue weighted by Crippen LogP contribution is 2.41. The first kappa shape index (κ1) is 17.5. The Morgan fingerprint density at radius 3 is 2.66 bits per heavy atom. The van der Waals surface area contributed by atoms with E-state index in [1.54, 1.807) is 14.2 Å². The minimum absolute atomic E-state index is 0.282. The Morgan fingerprint density at radius 2 is 1.90 bits per heavy atom. The van der Waals surface area contributed by atoms with Gasteiger partial charge >= 0.3 is 0 Å². The molecule has 2 aromatic carbocycles. The van der Waals surface area contributed by atoms with E-state index in [1.165, 1.54) is 0 Å². The maximum absolute atomic E-state index is 6.06. The van der Waals surface area contributed by atoms with E-state index >= 15 is 0 Å². The largest absolute Gasteiger partial charge is 0.497 e. The van der Waals surface area contributed by atoms with E-state index < -0.39 is 6.17 Å². The minimum atomic E-state index is -0.457. The Balaban J connectivity index is 1.70. The molecule has 0 saturated heterocycles. The molecule has 1 atom stereocenters. The van der Waals surface area contributed by atoms with Crippen molar-refractivity contribution in [1.29, 1.82) is 0 Å². The van der Waals surface area contributed by atoms with Crippen molar-refractivity contribution in [3.05, 3.63) is 35.9 Å². The van der Waals surface area contributed by atoms with Gasteiger partial charge in [0, 0.05) is 30.2 Å². The smallest absolute Gasteiger partial charge is 0.212 e. The van der Waals surface area contributed by atoms with E-state index in [0.717, 1.165) is 23.0 Å². The topological polar surface area (TPSA) is 105 Å². The average molecular weight is 395 g/mol. The molecule has 3 heterocycles. The summed E-state index contributed by atoms with van der Waals surface area (Å²) in [5, 5.41) is 3.04. The predicted octanol–water partition coefficient (Wildman–Crippen LogP) is 2.50. The third kappa shape index (κ3) is 2.86. The van der Waals surface area contributed by atoms with Crippen LogP contribution in [-0.2, 0) is 0 Å². The minimum Gasteiger partial charge on any atom is -0.497 e. The maximum atomic E-state index is 6.06. The number of aromatic nitrogens is 2. The van der Waals surface area contributed by atoms with E-state index in [2.05, 4.69) is 10.3 Å². The number of guanidine groups is 1. The monoisotopic (exact) mass is 395 g/mol. The van der Waals surface area contributed by atoms with E-state index in [-0.39, 0.29) is 5.96 Å². The number of anilines is 1. The fourth-order valence-electron chi connectivity index (χ4n) is 3.66. The van der Waals surface area contributed by atoms with E-state index in [0.29, 0.717) is 42.2 Å². The quantitative estimate of drug-likeness (QED) is 0.702. The first-order valence-corrected chi connectivity index (χ1v) is 9.31. The first-order valence-electron chi connectivity index (χ1n) is 9.31. The Bertz CT molecular complexity index is 1120. The summed E-state index contributed by atoms with van der Waals surface area (Å²) in [6.07, 6.45) is 0.382. The Labute approximate surface area is 167 Å². The van der Waals surface area contributed by atoms with Crippen LogP contribution < -0.4 is 30.0 Å². The summed E-state index contributed by atoms with van der Waals surface area (Å²) in [6.45, 7) is 1.23. The van der Waals surface area contributed by atoms with Crippen molar-refractivity contribution < 1.29 is 18.9 Å². The van der Waals surface area contributed by atoms with Crippen LogP contribution in [0.4, 0.5) is 5.95 Å². The molecule has 3 N–H and O–H groups in total. The zero-order valence-electron chi connectivity index (χ0n) is 16.1. The molecule has 9 nitrogen and oxygen atoms in total. The molecule has 2 aliphatic rings. The van der Waals surface area contributed by atoms with Crippen molar-refractivity contribution in [3.63, 3.8) is 0 Å². The van der Waals surface area contributed by atoms with Gasteiger partial charge in [-0.05, 0) is 12.1 Å². The van der Waals surface area contributed by atoms with E-state index in [4.69, 9.17) is 29.7 Å². The number of aliphatic imine (C=N–C) groups is 1. The zero-order valence-corrected chi connectivity index (χ0v) is 16.1. The molecule has 0 saturated carbocycles. The highest BCUT2D eigenvalue weighted by molar-refractivity contribution is 5.95. The van der Waals surface area contributed by atoms with Gasteiger partial charge in [0.25, 0.3) is 0 Å². The van der Waals surface area contributed by atoms with Gasteiger partial charge in [-0.3, -0.25) is 9.88 Å². The Kier molecular flexibility index (Phi) is 4.08. The lowest BCUT2D eigenvalue weighted by atomic mass is 10.1. The molecule has 0 unspecified atom stereocenters. The number of imidazole rings is 1. The summed E-state index contributed by atoms with van der Waals surface area (Å²) in [7, 11) is 3.23. The Morgan fingerprint density at radius 1 is 1.10 bits per heavy atom. The number of methoxy groups -OCH3 is 2. The summed E-state index contributed by atoms with van der Waals surface area (Å²) in [5.74, 6) is 3.61. The van der Waals surface area contributed by atoms with Gasteiger partial charge in [-0.1, -0.05) is 0 Å². The molecule has 1 aromatic heterocycles. The molecule has 5 rings (SSSR count). The second-order valence-corrected chi connectivity index (χ2v) is 6.76. The lowest BCUT2D eigenvalue weighted by Gasteiger charge is -2.25. The number of fused-ring (bicyclic) bond motifs is 4. The van der Waals surface area contributed by atoms with Crippen LogP contribution in [0.3, 0.4) is 0 Å². The van der Waals surface area contributed by atoms with Crippen molar-refractivity contribution in [2.45, 2.75) is 12.6 Å². The molecule has 0 amide bonds. The number of nitrogens with one attached hydrogen (secondary N) is 1. The SMILES string of the molecule is COc1ccc([C@@H]2N=C(N)Nc3nc4cc5c(cc4n32)OCCCO5)c(OC)c1. The van der Waals surface area contributed by atoms with Crippen molar-refractivity contribution in [2.75, 3.05) is 32.8 Å². The normalized spacial score (nSPS) is 17.7. The number of hydrogen-bond donors (Lipinski definition) is 2. The number of nitrogens with zero attached hydrogens (tertiary/aromatic N) is 3. The molecule has 3 aromatic rings. The van der Waals surface area contributed by atoms with Crippen LogP contribution in [0.5, 0.6) is 23.0 Å². The zero-order chi connectivity index (χ0) is 20.0. The molecule has 0 spiro atoms. The van der Waals surface area contributed by atoms with Crippen LogP contribution >= 0.6 is 0 Å². The highest BCUT2D eigenvalue weighted by atomic mass is 16.5. The summed E-state index contributed by atoms with van der Waals surface area (Å²) >= 11 is 0. The molecule has 0 fully saturated rings. The van der Waals surface area contributed by atoms with E-state index in [1.807, 2.05) is 34.9 Å². The summed E-state index contributed by atoms with van der Waals surface area (Å²) in [6, 6.07) is 9.44. The van der Waals surface area contributed by atoms with Gasteiger partial charge in [-0.25, -0.2) is 9.98 Å². The number of ether oxygens (including phenoxy) is 4. The lowest BCUT2D eigenvalue weighted by molar-refractivity contribution is 0.297. The van der Waals surface area contributed by atoms with Crippen molar-refractivity contribution >= 4 is 22.9 Å². The standard InChI is InChI=1S/C20H21N5O4/c1-26-11-4-5-12(15(8-11)27-2)18-23-19(21)24-20-22-13-9-16-17(10-14(13)25(18)20)29-7-3-6-28-16/h4-5,8-10,18H,3,6-7H2,1-2H3,(H3,21,22,23,24)/t18-/m1/s1. The number of benzene rings is 2. The van der Waals surface area contributed by atoms with Crippen LogP contribution in [0.15, 0.2) is 35.3 Å². The van der Waals surface area contributed by atoms with Gasteiger partial charge in [0.1, 0.15) is 11.5 Å². The number of nitrogens with two attached hydrogens (primary N) is 1. The van der Waals surface area contributed by atoms with Crippen LogP contribution in [-0.4, -0.2) is 42.9 Å². The van der Waals surface area contributed by atoms with Gasteiger partial charge in [-0.15, -0.1) is 0 Å². The fraction of sp³-hybridized carbons (Fsp3) is 0.300. The van der Waals surface area contributed by atoms with Gasteiger partial charge < -0.3 is 24.7 Å². The van der Waals surface area contributed by atoms with Crippen molar-refractivity contribution in [1.82, 2.24) is 9.55 Å². The molecule has 0 radical (unpaired) electrons. The average Bonchev–Trinajstić information content (AvgIpc) is 2.92. The maximum Gasteiger partial charge on any atom is 0.212 e. The molecule has 29 heavy (non-hydrogen) atoms. The van der Waals surface area contributed by atoms with Gasteiger partial charge in [0.2, 0.25) is 5.95 Å². The van der Waals surface area contributed by atoms with Crippen LogP contribution in [0.1, 0.15) is 18.2 Å². The van der Waals surface area contributed by atoms with E-state index in [9.17, 15) is 0 Å². The number of rotatable bonds is 3. The predicted molar refractivity (Wildman–Crippen MR) is 108 cm³/mol. The number of hydrogen-bond acceptors (Lipinski definition) is 8. The molecular weight excluding hydrogens is 374 g/mol. The lowest BCUT2D eigenvalue weighted by Crippen LogP contribution is -2.31. The van der Waals surface area contributed by atoms with Crippen molar-refractivity contribution in [2.24, 2.45) is 10.7 Å². The van der Waals surface area contributed by atoms with Crippen LogP contribution in [0.25, 0.3) is 11.0 Å². The molecule has 150 valence electrons. The summed E-state index contributed by atoms with van der Waals surface area (Å²) in [5.41, 5.74) is 8.52. The highest BCUT2D eigenvalue weighted by Gasteiger charge is 2.29. The first-order chi connectivity index (χ1) is 14.2. The second kappa shape index (κ2) is 6.77. The third-order valence-electron chi connectivity index (χ3n) is 5.02. The summed E-state index contributed by atoms with van der Waals surface area (Å²) < 4.78 is 24.6. The van der Waals surface area contributed by atoms with Crippen LogP contribution in [0.2, 0.25) is 0 Å². The molecule has 2 aliphatic heterocycles. The fourth-order valence-corrected chi connectivity index (χ4v) is 3.66. The van der Waals surface area contributed by atoms with Crippen LogP contribution in [0, 0.1) is 0 Å². The van der Waals surface area contributed by atoms with Crippen molar-refractivity contribution in [3.8, 4) is 23.0 Å². The van der Waals surface area contributed by atoms with Gasteiger partial charge in [-0.2, -0.15) is 0 Å².